The van der Waals surface area contributed by atoms with E-state index in [1.807, 2.05) is 36.4 Å². The van der Waals surface area contributed by atoms with Gasteiger partial charge in [0.15, 0.2) is 5.78 Å². The zero-order chi connectivity index (χ0) is 18.1. The molecule has 0 spiro atoms. The second-order valence-electron chi connectivity index (χ2n) is 5.59. The Kier molecular flexibility index (Phi) is 7.54. The largest absolute Gasteiger partial charge is 0.496 e. The molecule has 0 aliphatic heterocycles. The first-order valence-electron chi connectivity index (χ1n) is 8.33. The molecule has 4 nitrogen and oxygen atoms in total. The van der Waals surface area contributed by atoms with Gasteiger partial charge in [0.25, 0.3) is 0 Å². The van der Waals surface area contributed by atoms with E-state index in [0.29, 0.717) is 23.5 Å². The number of benzene rings is 2. The van der Waals surface area contributed by atoms with Gasteiger partial charge in [-0.3, -0.25) is 9.59 Å². The molecule has 0 aromatic heterocycles. The van der Waals surface area contributed by atoms with Crippen molar-refractivity contribution in [1.82, 2.24) is 0 Å². The number of ether oxygens (including phenoxy) is 1. The van der Waals surface area contributed by atoms with Crippen molar-refractivity contribution in [3.05, 3.63) is 54.1 Å². The number of thioether (sulfide) groups is 1. The minimum atomic E-state index is 0.0137. The zero-order valence-corrected chi connectivity index (χ0v) is 15.4. The van der Waals surface area contributed by atoms with E-state index in [2.05, 4.69) is 12.2 Å². The number of amides is 1. The molecule has 0 unspecified atom stereocenters. The third-order valence-electron chi connectivity index (χ3n) is 3.65. The number of carbonyl (C=O) groups excluding carboxylic acids is 2. The van der Waals surface area contributed by atoms with Crippen LogP contribution in [0.3, 0.4) is 0 Å². The maximum Gasteiger partial charge on any atom is 0.224 e. The summed E-state index contributed by atoms with van der Waals surface area (Å²) in [5.41, 5.74) is 1.34. The maximum absolute atomic E-state index is 12.4. The van der Waals surface area contributed by atoms with E-state index in [4.69, 9.17) is 4.74 Å². The standard InChI is InChI=1S/C20H23NO3S/c1-3-4-12-20(23)21-15-8-7-9-16(13-15)25-14-18(22)17-10-5-6-11-19(17)24-2/h5-11,13H,3-4,12,14H2,1-2H3,(H,21,23). The van der Waals surface area contributed by atoms with Crippen LogP contribution in [0.5, 0.6) is 5.75 Å². The van der Waals surface area contributed by atoms with Gasteiger partial charge in [0.05, 0.1) is 18.4 Å². The van der Waals surface area contributed by atoms with Gasteiger partial charge in [0.1, 0.15) is 5.75 Å². The van der Waals surface area contributed by atoms with Gasteiger partial charge < -0.3 is 10.1 Å². The van der Waals surface area contributed by atoms with Crippen LogP contribution in [0.15, 0.2) is 53.4 Å². The molecular weight excluding hydrogens is 334 g/mol. The first-order chi connectivity index (χ1) is 12.1. The highest BCUT2D eigenvalue weighted by molar-refractivity contribution is 8.00. The van der Waals surface area contributed by atoms with Gasteiger partial charge in [-0.15, -0.1) is 11.8 Å². The quantitative estimate of drug-likeness (QED) is 0.517. The van der Waals surface area contributed by atoms with Crippen molar-refractivity contribution in [2.75, 3.05) is 18.2 Å². The van der Waals surface area contributed by atoms with Gasteiger partial charge in [-0.25, -0.2) is 0 Å². The molecule has 0 heterocycles. The van der Waals surface area contributed by atoms with Crippen molar-refractivity contribution in [3.8, 4) is 5.75 Å². The Bertz CT molecular complexity index is 730. The van der Waals surface area contributed by atoms with Crippen LogP contribution in [-0.2, 0) is 4.79 Å². The predicted molar refractivity (Wildman–Crippen MR) is 103 cm³/mol. The van der Waals surface area contributed by atoms with Crippen LogP contribution in [0.4, 0.5) is 5.69 Å². The average Bonchev–Trinajstić information content (AvgIpc) is 2.64. The molecule has 2 rings (SSSR count). The summed E-state index contributed by atoms with van der Waals surface area (Å²) in [5, 5.41) is 2.90. The van der Waals surface area contributed by atoms with Crippen LogP contribution in [0, 0.1) is 0 Å². The molecule has 25 heavy (non-hydrogen) atoms. The molecule has 0 radical (unpaired) electrons. The smallest absolute Gasteiger partial charge is 0.224 e. The van der Waals surface area contributed by atoms with E-state index < -0.39 is 0 Å². The highest BCUT2D eigenvalue weighted by Gasteiger charge is 2.12. The molecule has 2 aromatic rings. The van der Waals surface area contributed by atoms with Gasteiger partial charge in [-0.2, -0.15) is 0 Å². The Morgan fingerprint density at radius 2 is 1.92 bits per heavy atom. The van der Waals surface area contributed by atoms with Gasteiger partial charge >= 0.3 is 0 Å². The lowest BCUT2D eigenvalue weighted by atomic mass is 10.1. The number of ketones is 1. The van der Waals surface area contributed by atoms with Crippen molar-refractivity contribution < 1.29 is 14.3 Å². The van der Waals surface area contributed by atoms with Gasteiger partial charge in [-0.1, -0.05) is 31.5 Å². The molecular formula is C20H23NO3S. The first kappa shape index (κ1) is 19.1. The van der Waals surface area contributed by atoms with Crippen molar-refractivity contribution in [2.45, 2.75) is 31.1 Å². The summed E-state index contributed by atoms with van der Waals surface area (Å²) in [5.74, 6) is 0.937. The molecule has 0 fully saturated rings. The Labute approximate surface area is 153 Å². The minimum Gasteiger partial charge on any atom is -0.496 e. The summed E-state index contributed by atoms with van der Waals surface area (Å²) < 4.78 is 5.24. The topological polar surface area (TPSA) is 55.4 Å². The molecule has 0 saturated heterocycles. The highest BCUT2D eigenvalue weighted by Crippen LogP contribution is 2.25. The lowest BCUT2D eigenvalue weighted by molar-refractivity contribution is -0.116. The summed E-state index contributed by atoms with van der Waals surface area (Å²) in [7, 11) is 1.56. The molecule has 0 bridgehead atoms. The second kappa shape index (κ2) is 9.89. The zero-order valence-electron chi connectivity index (χ0n) is 14.6. The Balaban J connectivity index is 1.95. The third kappa shape index (κ3) is 5.94. The summed E-state index contributed by atoms with van der Waals surface area (Å²) in [4.78, 5) is 25.2. The number of unbranched alkanes of at least 4 members (excludes halogenated alkanes) is 1. The Morgan fingerprint density at radius 1 is 1.12 bits per heavy atom. The summed E-state index contributed by atoms with van der Waals surface area (Å²) in [6.07, 6.45) is 2.40. The number of hydrogen-bond acceptors (Lipinski definition) is 4. The van der Waals surface area contributed by atoms with Crippen LogP contribution >= 0.6 is 11.8 Å². The normalized spacial score (nSPS) is 10.3. The third-order valence-corrected chi connectivity index (χ3v) is 4.65. The highest BCUT2D eigenvalue weighted by atomic mass is 32.2. The number of Topliss-reactive ketones (excluding diaryl/α,β-unsaturated/α-hetero) is 1. The summed E-state index contributed by atoms with van der Waals surface area (Å²) in [6, 6.07) is 14.8. The molecule has 5 heteroatoms. The van der Waals surface area contributed by atoms with Crippen LogP contribution in [-0.4, -0.2) is 24.6 Å². The summed E-state index contributed by atoms with van der Waals surface area (Å²) >= 11 is 1.45. The fraction of sp³-hybridized carbons (Fsp3) is 0.300. The van der Waals surface area contributed by atoms with E-state index in [0.717, 1.165) is 23.4 Å². The lowest BCUT2D eigenvalue weighted by Gasteiger charge is -2.08. The number of hydrogen-bond donors (Lipinski definition) is 1. The SMILES string of the molecule is CCCCC(=O)Nc1cccc(SCC(=O)c2ccccc2OC)c1. The van der Waals surface area contributed by atoms with E-state index in [-0.39, 0.29) is 11.7 Å². The number of para-hydroxylation sites is 1. The Hall–Kier alpha value is -2.27. The van der Waals surface area contributed by atoms with Crippen molar-refractivity contribution in [2.24, 2.45) is 0 Å². The van der Waals surface area contributed by atoms with Crippen LogP contribution in [0.25, 0.3) is 0 Å². The molecule has 132 valence electrons. The Morgan fingerprint density at radius 3 is 2.68 bits per heavy atom. The average molecular weight is 357 g/mol. The molecule has 0 aliphatic rings. The maximum atomic E-state index is 12.4. The minimum absolute atomic E-state index is 0.0137. The van der Waals surface area contributed by atoms with E-state index >= 15 is 0 Å². The first-order valence-corrected chi connectivity index (χ1v) is 9.31. The van der Waals surface area contributed by atoms with Crippen molar-refractivity contribution in [1.29, 1.82) is 0 Å². The van der Waals surface area contributed by atoms with E-state index in [1.54, 1.807) is 19.2 Å². The number of nitrogens with one attached hydrogen (secondary N) is 1. The van der Waals surface area contributed by atoms with Gasteiger partial charge in [0.2, 0.25) is 5.91 Å². The lowest BCUT2D eigenvalue weighted by Crippen LogP contribution is -2.10. The number of carbonyl (C=O) groups is 2. The fourth-order valence-electron chi connectivity index (χ4n) is 2.33. The monoisotopic (exact) mass is 357 g/mol. The molecule has 1 amide bonds. The number of rotatable bonds is 9. The molecule has 0 saturated carbocycles. The van der Waals surface area contributed by atoms with Crippen molar-refractivity contribution in [3.63, 3.8) is 0 Å². The molecule has 0 atom stereocenters. The van der Waals surface area contributed by atoms with Gasteiger partial charge in [-0.05, 0) is 36.8 Å². The number of methoxy groups -OCH3 is 1. The summed E-state index contributed by atoms with van der Waals surface area (Å²) in [6.45, 7) is 2.06. The van der Waals surface area contributed by atoms with Gasteiger partial charge in [0, 0.05) is 17.0 Å². The molecule has 1 N–H and O–H groups in total. The van der Waals surface area contributed by atoms with Crippen LogP contribution in [0.1, 0.15) is 36.5 Å². The van der Waals surface area contributed by atoms with Crippen LogP contribution in [0.2, 0.25) is 0 Å². The van der Waals surface area contributed by atoms with Crippen molar-refractivity contribution >= 4 is 29.1 Å². The molecule has 0 aliphatic carbocycles. The van der Waals surface area contributed by atoms with E-state index in [9.17, 15) is 9.59 Å². The van der Waals surface area contributed by atoms with E-state index in [1.165, 1.54) is 11.8 Å². The van der Waals surface area contributed by atoms with Crippen LogP contribution < -0.4 is 10.1 Å². The predicted octanol–water partition coefficient (Wildman–Crippen LogP) is 4.80. The number of anilines is 1. The fourth-order valence-corrected chi connectivity index (χ4v) is 3.16. The molecule has 2 aromatic carbocycles. The second-order valence-corrected chi connectivity index (χ2v) is 6.64.